The van der Waals surface area contributed by atoms with Crippen LogP contribution in [0, 0.1) is 5.92 Å². The molecule has 2 aromatic carbocycles. The van der Waals surface area contributed by atoms with Crippen LogP contribution in [0.2, 0.25) is 0 Å². The SMILES string of the molecule is CCOc1ccc(C(C)NC(=O)[C@@H](NS(=O)(=O)c2ccc3c(c2)OCCO3)C(C)C)cc1. The molecule has 1 heterocycles. The van der Waals surface area contributed by atoms with Gasteiger partial charge in [-0.3, -0.25) is 4.79 Å². The van der Waals surface area contributed by atoms with Gasteiger partial charge in [-0.05, 0) is 49.6 Å². The summed E-state index contributed by atoms with van der Waals surface area (Å²) in [6, 6.07) is 10.6. The fourth-order valence-electron chi connectivity index (χ4n) is 3.32. The first-order valence-electron chi connectivity index (χ1n) is 10.7. The van der Waals surface area contributed by atoms with Gasteiger partial charge in [0.15, 0.2) is 11.5 Å². The van der Waals surface area contributed by atoms with Gasteiger partial charge in [0.1, 0.15) is 25.0 Å². The summed E-state index contributed by atoms with van der Waals surface area (Å²) in [7, 11) is -3.96. The molecule has 1 amide bonds. The van der Waals surface area contributed by atoms with E-state index in [0.717, 1.165) is 11.3 Å². The average molecular weight is 463 g/mol. The van der Waals surface area contributed by atoms with Gasteiger partial charge in [0.05, 0.1) is 17.5 Å². The molecule has 1 unspecified atom stereocenters. The lowest BCUT2D eigenvalue weighted by atomic mass is 10.0. The zero-order valence-electron chi connectivity index (χ0n) is 18.8. The lowest BCUT2D eigenvalue weighted by molar-refractivity contribution is -0.124. The van der Waals surface area contributed by atoms with Crippen molar-refractivity contribution in [2.45, 2.75) is 44.7 Å². The molecule has 0 aliphatic carbocycles. The highest BCUT2D eigenvalue weighted by Gasteiger charge is 2.30. The number of carbonyl (C=O) groups is 1. The zero-order chi connectivity index (χ0) is 23.3. The van der Waals surface area contributed by atoms with Crippen molar-refractivity contribution >= 4 is 15.9 Å². The highest BCUT2D eigenvalue weighted by molar-refractivity contribution is 7.89. The number of fused-ring (bicyclic) bond motifs is 1. The highest BCUT2D eigenvalue weighted by atomic mass is 32.2. The van der Waals surface area contributed by atoms with Crippen LogP contribution in [-0.4, -0.2) is 40.2 Å². The van der Waals surface area contributed by atoms with Crippen LogP contribution in [0.5, 0.6) is 17.2 Å². The summed E-state index contributed by atoms with van der Waals surface area (Å²) in [6.07, 6.45) is 0. The predicted octanol–water partition coefficient (Wildman–Crippen LogP) is 3.04. The molecule has 0 saturated carbocycles. The van der Waals surface area contributed by atoms with Gasteiger partial charge < -0.3 is 19.5 Å². The van der Waals surface area contributed by atoms with Gasteiger partial charge in [0, 0.05) is 6.07 Å². The van der Waals surface area contributed by atoms with E-state index >= 15 is 0 Å². The Morgan fingerprint density at radius 3 is 2.31 bits per heavy atom. The molecule has 0 spiro atoms. The van der Waals surface area contributed by atoms with Crippen molar-refractivity contribution in [2.24, 2.45) is 5.92 Å². The van der Waals surface area contributed by atoms with Crippen LogP contribution in [0.3, 0.4) is 0 Å². The first-order valence-corrected chi connectivity index (χ1v) is 12.1. The molecule has 3 rings (SSSR count). The van der Waals surface area contributed by atoms with Crippen molar-refractivity contribution in [1.29, 1.82) is 0 Å². The van der Waals surface area contributed by atoms with Crippen molar-refractivity contribution in [3.63, 3.8) is 0 Å². The Bertz CT molecular complexity index is 1040. The molecule has 1 aliphatic heterocycles. The van der Waals surface area contributed by atoms with Crippen molar-refractivity contribution in [2.75, 3.05) is 19.8 Å². The Labute approximate surface area is 189 Å². The molecular weight excluding hydrogens is 432 g/mol. The van der Waals surface area contributed by atoms with E-state index in [0.29, 0.717) is 31.3 Å². The van der Waals surface area contributed by atoms with E-state index in [-0.39, 0.29) is 16.9 Å². The molecule has 8 nitrogen and oxygen atoms in total. The average Bonchev–Trinajstić information content (AvgIpc) is 2.77. The fraction of sp³-hybridized carbons (Fsp3) is 0.435. The van der Waals surface area contributed by atoms with Crippen LogP contribution in [0.15, 0.2) is 47.4 Å². The van der Waals surface area contributed by atoms with E-state index in [1.807, 2.05) is 38.1 Å². The van der Waals surface area contributed by atoms with Crippen molar-refractivity contribution < 1.29 is 27.4 Å². The molecule has 2 atom stereocenters. The van der Waals surface area contributed by atoms with Gasteiger partial charge in [-0.1, -0.05) is 26.0 Å². The van der Waals surface area contributed by atoms with Crippen LogP contribution in [0.1, 0.15) is 39.3 Å². The Morgan fingerprint density at radius 2 is 1.69 bits per heavy atom. The van der Waals surface area contributed by atoms with Gasteiger partial charge >= 0.3 is 0 Å². The van der Waals surface area contributed by atoms with Gasteiger partial charge in [-0.25, -0.2) is 8.42 Å². The van der Waals surface area contributed by atoms with E-state index in [1.54, 1.807) is 19.9 Å². The maximum atomic E-state index is 13.0. The first kappa shape index (κ1) is 23.9. The number of carbonyl (C=O) groups excluding carboxylic acids is 1. The number of rotatable bonds is 9. The molecule has 0 aromatic heterocycles. The second-order valence-corrected chi connectivity index (χ2v) is 9.59. The van der Waals surface area contributed by atoms with Crippen LogP contribution < -0.4 is 24.2 Å². The molecule has 32 heavy (non-hydrogen) atoms. The topological polar surface area (TPSA) is 103 Å². The standard InChI is InChI=1S/C23H30N2O6S/c1-5-29-18-8-6-17(7-9-18)16(4)24-23(26)22(15(2)3)25-32(27,28)19-10-11-20-21(14-19)31-13-12-30-20/h6-11,14-16,22,25H,5,12-13H2,1-4H3,(H,24,26)/t16?,22-/m0/s1. The maximum absolute atomic E-state index is 13.0. The minimum Gasteiger partial charge on any atom is -0.494 e. The van der Waals surface area contributed by atoms with E-state index in [2.05, 4.69) is 10.0 Å². The van der Waals surface area contributed by atoms with Gasteiger partial charge in [-0.2, -0.15) is 4.72 Å². The van der Waals surface area contributed by atoms with Crippen molar-refractivity contribution in [1.82, 2.24) is 10.0 Å². The molecule has 1 aliphatic rings. The third kappa shape index (κ3) is 5.72. The Hall–Kier alpha value is -2.78. The largest absolute Gasteiger partial charge is 0.494 e. The van der Waals surface area contributed by atoms with Crippen molar-refractivity contribution in [3.8, 4) is 17.2 Å². The van der Waals surface area contributed by atoms with Crippen LogP contribution in [0.25, 0.3) is 0 Å². The predicted molar refractivity (Wildman–Crippen MR) is 121 cm³/mol. The monoisotopic (exact) mass is 462 g/mol. The summed E-state index contributed by atoms with van der Waals surface area (Å²) in [5, 5.41) is 2.90. The quantitative estimate of drug-likeness (QED) is 0.594. The van der Waals surface area contributed by atoms with Gasteiger partial charge in [0.25, 0.3) is 0 Å². The Balaban J connectivity index is 1.72. The Kier molecular flexibility index (Phi) is 7.63. The van der Waals surface area contributed by atoms with Crippen LogP contribution >= 0.6 is 0 Å². The second-order valence-electron chi connectivity index (χ2n) is 7.88. The molecule has 0 bridgehead atoms. The fourth-order valence-corrected chi connectivity index (χ4v) is 4.68. The molecule has 0 saturated heterocycles. The van der Waals surface area contributed by atoms with Gasteiger partial charge in [0.2, 0.25) is 15.9 Å². The molecule has 0 radical (unpaired) electrons. The van der Waals surface area contributed by atoms with E-state index in [4.69, 9.17) is 14.2 Å². The summed E-state index contributed by atoms with van der Waals surface area (Å²) >= 11 is 0. The summed E-state index contributed by atoms with van der Waals surface area (Å²) in [5.41, 5.74) is 0.888. The van der Waals surface area contributed by atoms with E-state index in [9.17, 15) is 13.2 Å². The number of sulfonamides is 1. The summed E-state index contributed by atoms with van der Waals surface area (Å²) in [6.45, 7) is 8.68. The third-order valence-electron chi connectivity index (χ3n) is 5.11. The normalized spacial score (nSPS) is 15.2. The number of nitrogens with one attached hydrogen (secondary N) is 2. The molecular formula is C23H30N2O6S. The zero-order valence-corrected chi connectivity index (χ0v) is 19.6. The van der Waals surface area contributed by atoms with Crippen LogP contribution in [-0.2, 0) is 14.8 Å². The van der Waals surface area contributed by atoms with E-state index in [1.165, 1.54) is 12.1 Å². The smallest absolute Gasteiger partial charge is 0.241 e. The van der Waals surface area contributed by atoms with E-state index < -0.39 is 22.0 Å². The molecule has 9 heteroatoms. The second kappa shape index (κ2) is 10.2. The lowest BCUT2D eigenvalue weighted by Gasteiger charge is -2.25. The van der Waals surface area contributed by atoms with Crippen LogP contribution in [0.4, 0.5) is 0 Å². The first-order chi connectivity index (χ1) is 15.2. The highest BCUT2D eigenvalue weighted by Crippen LogP contribution is 2.32. The minimum absolute atomic E-state index is 0.0137. The van der Waals surface area contributed by atoms with Crippen molar-refractivity contribution in [3.05, 3.63) is 48.0 Å². The number of hydrogen-bond acceptors (Lipinski definition) is 6. The molecule has 2 aromatic rings. The molecule has 0 fully saturated rings. The summed E-state index contributed by atoms with van der Waals surface area (Å²) in [4.78, 5) is 13.0. The minimum atomic E-state index is -3.96. The van der Waals surface area contributed by atoms with Gasteiger partial charge in [-0.15, -0.1) is 0 Å². The number of ether oxygens (including phenoxy) is 3. The number of amides is 1. The summed E-state index contributed by atoms with van der Waals surface area (Å²) in [5.74, 6) is 0.949. The molecule has 174 valence electrons. The summed E-state index contributed by atoms with van der Waals surface area (Å²) < 4.78 is 44.9. The third-order valence-corrected chi connectivity index (χ3v) is 6.54. The Morgan fingerprint density at radius 1 is 1.03 bits per heavy atom. The number of hydrogen-bond donors (Lipinski definition) is 2. The molecule has 2 N–H and O–H groups in total. The lowest BCUT2D eigenvalue weighted by Crippen LogP contribution is -2.50. The number of benzene rings is 2. The maximum Gasteiger partial charge on any atom is 0.241 e.